The molecule has 2 aliphatic rings. The zero-order valence-electron chi connectivity index (χ0n) is 12.2. The third kappa shape index (κ3) is 3.60. The molecule has 2 unspecified atom stereocenters. The van der Waals surface area contributed by atoms with E-state index in [0.29, 0.717) is 12.1 Å². The third-order valence-corrected chi connectivity index (χ3v) is 4.77. The van der Waals surface area contributed by atoms with Gasteiger partial charge in [0.15, 0.2) is 0 Å². The van der Waals surface area contributed by atoms with Crippen LogP contribution in [0.15, 0.2) is 30.3 Å². The Morgan fingerprint density at radius 1 is 1.05 bits per heavy atom. The second-order valence-electron chi connectivity index (χ2n) is 6.31. The molecule has 110 valence electrons. The van der Waals surface area contributed by atoms with Gasteiger partial charge in [-0.1, -0.05) is 30.3 Å². The number of hydrogen-bond donors (Lipinski definition) is 2. The lowest BCUT2D eigenvalue weighted by molar-refractivity contribution is 0.125. The van der Waals surface area contributed by atoms with Gasteiger partial charge in [-0.15, -0.1) is 0 Å². The maximum Gasteiger partial charge on any atom is 0.0693 e. The van der Waals surface area contributed by atoms with Crippen molar-refractivity contribution in [2.45, 2.75) is 56.8 Å². The zero-order valence-corrected chi connectivity index (χ0v) is 12.2. The van der Waals surface area contributed by atoms with Crippen LogP contribution in [0.1, 0.15) is 37.7 Å². The summed E-state index contributed by atoms with van der Waals surface area (Å²) in [6.45, 7) is 3.39. The van der Waals surface area contributed by atoms with Crippen LogP contribution in [0, 0.1) is 0 Å². The average Bonchev–Trinajstić information content (AvgIpc) is 2.88. The Bertz CT molecular complexity index is 401. The van der Waals surface area contributed by atoms with E-state index in [9.17, 15) is 5.11 Å². The highest BCUT2D eigenvalue weighted by Gasteiger charge is 2.28. The van der Waals surface area contributed by atoms with E-state index in [1.165, 1.54) is 24.8 Å². The van der Waals surface area contributed by atoms with Crippen molar-refractivity contribution >= 4 is 0 Å². The van der Waals surface area contributed by atoms with Crippen molar-refractivity contribution in [2.75, 3.05) is 13.1 Å². The summed E-state index contributed by atoms with van der Waals surface area (Å²) in [6.07, 6.45) is 5.59. The van der Waals surface area contributed by atoms with Crippen molar-refractivity contribution in [3.8, 4) is 0 Å². The summed E-state index contributed by atoms with van der Waals surface area (Å²) in [6, 6.07) is 11.7. The van der Waals surface area contributed by atoms with Gasteiger partial charge in [0, 0.05) is 18.6 Å². The molecule has 1 saturated carbocycles. The van der Waals surface area contributed by atoms with Gasteiger partial charge < -0.3 is 10.4 Å². The first-order chi connectivity index (χ1) is 9.81. The van der Waals surface area contributed by atoms with Crippen molar-refractivity contribution < 1.29 is 5.11 Å². The van der Waals surface area contributed by atoms with Gasteiger partial charge in [-0.3, -0.25) is 4.90 Å². The lowest BCUT2D eigenvalue weighted by Gasteiger charge is -2.34. The fourth-order valence-corrected chi connectivity index (χ4v) is 3.54. The van der Waals surface area contributed by atoms with Crippen molar-refractivity contribution in [3.05, 3.63) is 35.9 Å². The second-order valence-corrected chi connectivity index (χ2v) is 6.31. The first-order valence-electron chi connectivity index (χ1n) is 8.01. The van der Waals surface area contributed by atoms with Crippen molar-refractivity contribution in [2.24, 2.45) is 0 Å². The third-order valence-electron chi connectivity index (χ3n) is 4.77. The van der Waals surface area contributed by atoms with Gasteiger partial charge in [0.25, 0.3) is 0 Å². The number of nitrogens with one attached hydrogen (secondary N) is 1. The van der Waals surface area contributed by atoms with Crippen LogP contribution < -0.4 is 5.32 Å². The molecule has 1 saturated heterocycles. The summed E-state index contributed by atoms with van der Waals surface area (Å²) in [5, 5.41) is 13.6. The molecule has 3 heteroatoms. The molecule has 0 radical (unpaired) electrons. The number of aliphatic hydroxyl groups is 1. The van der Waals surface area contributed by atoms with Crippen LogP contribution >= 0.6 is 0 Å². The molecule has 0 spiro atoms. The monoisotopic (exact) mass is 274 g/mol. The molecule has 1 aliphatic carbocycles. The summed E-state index contributed by atoms with van der Waals surface area (Å²) in [5.74, 6) is 0. The first-order valence-corrected chi connectivity index (χ1v) is 8.01. The van der Waals surface area contributed by atoms with Crippen LogP contribution in [0.4, 0.5) is 0 Å². The minimum atomic E-state index is -0.114. The average molecular weight is 274 g/mol. The molecule has 2 fully saturated rings. The predicted molar refractivity (Wildman–Crippen MR) is 81.5 cm³/mol. The molecule has 0 bridgehead atoms. The summed E-state index contributed by atoms with van der Waals surface area (Å²) >= 11 is 0. The fourth-order valence-electron chi connectivity index (χ4n) is 3.54. The van der Waals surface area contributed by atoms with Crippen molar-refractivity contribution in [1.29, 1.82) is 0 Å². The standard InChI is InChI=1S/C17H26N2O/c20-17-8-4-7-16(17)18-15-9-11-19(12-10-15)13-14-5-2-1-3-6-14/h1-3,5-6,15-18,20H,4,7-13H2. The highest BCUT2D eigenvalue weighted by molar-refractivity contribution is 5.14. The van der Waals surface area contributed by atoms with E-state index in [-0.39, 0.29) is 6.10 Å². The van der Waals surface area contributed by atoms with E-state index in [0.717, 1.165) is 32.5 Å². The van der Waals surface area contributed by atoms with Gasteiger partial charge >= 0.3 is 0 Å². The Hall–Kier alpha value is -0.900. The minimum absolute atomic E-state index is 0.114. The number of rotatable bonds is 4. The molecular formula is C17H26N2O. The van der Waals surface area contributed by atoms with Crippen LogP contribution in [0.5, 0.6) is 0 Å². The SMILES string of the molecule is OC1CCCC1NC1CCN(Cc2ccccc2)CC1. The van der Waals surface area contributed by atoms with E-state index in [1.807, 2.05) is 0 Å². The zero-order chi connectivity index (χ0) is 13.8. The number of aliphatic hydroxyl groups excluding tert-OH is 1. The Morgan fingerprint density at radius 2 is 1.80 bits per heavy atom. The Morgan fingerprint density at radius 3 is 2.45 bits per heavy atom. The molecule has 1 aliphatic heterocycles. The van der Waals surface area contributed by atoms with E-state index in [4.69, 9.17) is 0 Å². The van der Waals surface area contributed by atoms with Gasteiger partial charge in [-0.2, -0.15) is 0 Å². The van der Waals surface area contributed by atoms with Gasteiger partial charge in [-0.25, -0.2) is 0 Å². The summed E-state index contributed by atoms with van der Waals surface area (Å²) < 4.78 is 0. The van der Waals surface area contributed by atoms with Gasteiger partial charge in [-0.05, 0) is 50.8 Å². The molecule has 0 amide bonds. The molecule has 0 aromatic heterocycles. The maximum absolute atomic E-state index is 9.89. The quantitative estimate of drug-likeness (QED) is 0.883. The normalized spacial score (nSPS) is 28.9. The molecule has 2 N–H and O–H groups in total. The molecule has 1 heterocycles. The van der Waals surface area contributed by atoms with E-state index in [2.05, 4.69) is 40.5 Å². The highest BCUT2D eigenvalue weighted by Crippen LogP contribution is 2.21. The van der Waals surface area contributed by atoms with Crippen LogP contribution in [-0.4, -0.2) is 41.3 Å². The first kappa shape index (κ1) is 14.1. The lowest BCUT2D eigenvalue weighted by Crippen LogP contribution is -2.48. The molecule has 3 nitrogen and oxygen atoms in total. The number of nitrogens with zero attached hydrogens (tertiary/aromatic N) is 1. The van der Waals surface area contributed by atoms with Crippen molar-refractivity contribution in [1.82, 2.24) is 10.2 Å². The number of likely N-dealkylation sites (tertiary alicyclic amines) is 1. The minimum Gasteiger partial charge on any atom is -0.392 e. The van der Waals surface area contributed by atoms with Gasteiger partial charge in [0.05, 0.1) is 6.10 Å². The molecule has 1 aromatic rings. The fraction of sp³-hybridized carbons (Fsp3) is 0.647. The van der Waals surface area contributed by atoms with Crippen molar-refractivity contribution in [3.63, 3.8) is 0 Å². The largest absolute Gasteiger partial charge is 0.392 e. The van der Waals surface area contributed by atoms with Gasteiger partial charge in [0.1, 0.15) is 0 Å². The topological polar surface area (TPSA) is 35.5 Å². The second kappa shape index (κ2) is 6.70. The van der Waals surface area contributed by atoms with Crippen LogP contribution in [0.3, 0.4) is 0 Å². The molecule has 2 atom stereocenters. The van der Waals surface area contributed by atoms with E-state index in [1.54, 1.807) is 0 Å². The lowest BCUT2D eigenvalue weighted by atomic mass is 10.0. The predicted octanol–water partition coefficient (Wildman–Crippen LogP) is 2.15. The highest BCUT2D eigenvalue weighted by atomic mass is 16.3. The number of hydrogen-bond acceptors (Lipinski definition) is 3. The molecule has 1 aromatic carbocycles. The number of benzene rings is 1. The van der Waals surface area contributed by atoms with Crippen LogP contribution in [-0.2, 0) is 6.54 Å². The number of piperidine rings is 1. The Balaban J connectivity index is 1.43. The summed E-state index contributed by atoms with van der Waals surface area (Å²) in [5.41, 5.74) is 1.41. The smallest absolute Gasteiger partial charge is 0.0693 e. The van der Waals surface area contributed by atoms with E-state index < -0.39 is 0 Å². The van der Waals surface area contributed by atoms with Gasteiger partial charge in [0.2, 0.25) is 0 Å². The molecular weight excluding hydrogens is 248 g/mol. The summed E-state index contributed by atoms with van der Waals surface area (Å²) in [4.78, 5) is 2.54. The van der Waals surface area contributed by atoms with Crippen LogP contribution in [0.2, 0.25) is 0 Å². The van der Waals surface area contributed by atoms with E-state index >= 15 is 0 Å². The Kier molecular flexibility index (Phi) is 4.71. The molecule has 20 heavy (non-hydrogen) atoms. The summed E-state index contributed by atoms with van der Waals surface area (Å²) in [7, 11) is 0. The molecule has 3 rings (SSSR count). The Labute approximate surface area is 122 Å². The van der Waals surface area contributed by atoms with Crippen LogP contribution in [0.25, 0.3) is 0 Å². The maximum atomic E-state index is 9.89.